The molecule has 3 rings (SSSR count). The van der Waals surface area contributed by atoms with E-state index in [1.807, 2.05) is 12.1 Å². The van der Waals surface area contributed by atoms with Crippen LogP contribution in [-0.4, -0.2) is 0 Å². The second kappa shape index (κ2) is 10.2. The molecule has 0 aliphatic heterocycles. The lowest BCUT2D eigenvalue weighted by atomic mass is 9.79. The van der Waals surface area contributed by atoms with Gasteiger partial charge < -0.3 is 0 Å². The van der Waals surface area contributed by atoms with Crippen molar-refractivity contribution in [2.24, 2.45) is 17.8 Å². The summed E-state index contributed by atoms with van der Waals surface area (Å²) in [5.41, 5.74) is 1.44. The van der Waals surface area contributed by atoms with Gasteiger partial charge in [0.15, 0.2) is 0 Å². The van der Waals surface area contributed by atoms with Gasteiger partial charge in [-0.25, -0.2) is 0 Å². The molecule has 0 heterocycles. The zero-order valence-corrected chi connectivity index (χ0v) is 17.0. The Morgan fingerprint density at radius 1 is 0.962 bits per heavy atom. The van der Waals surface area contributed by atoms with Gasteiger partial charge in [0.25, 0.3) is 0 Å². The predicted molar refractivity (Wildman–Crippen MR) is 113 cm³/mol. The van der Waals surface area contributed by atoms with Crippen LogP contribution in [0.2, 0.25) is 5.02 Å². The fraction of sp³-hybridized carbons (Fsp3) is 0.600. The van der Waals surface area contributed by atoms with Gasteiger partial charge in [0.05, 0.1) is 0 Å². The minimum atomic E-state index is 0.587. The molecular formula is C25H33Cl. The van der Waals surface area contributed by atoms with Gasteiger partial charge in [-0.05, 0) is 92.9 Å². The quantitative estimate of drug-likeness (QED) is 0.476. The summed E-state index contributed by atoms with van der Waals surface area (Å²) in [7, 11) is 0. The van der Waals surface area contributed by atoms with Crippen molar-refractivity contribution in [2.75, 3.05) is 0 Å². The van der Waals surface area contributed by atoms with Gasteiger partial charge in [-0.1, -0.05) is 61.4 Å². The van der Waals surface area contributed by atoms with Crippen molar-refractivity contribution < 1.29 is 0 Å². The molecule has 0 nitrogen and oxygen atoms in total. The molecule has 26 heavy (non-hydrogen) atoms. The van der Waals surface area contributed by atoms with Crippen molar-refractivity contribution in [3.63, 3.8) is 0 Å². The average molecular weight is 369 g/mol. The lowest BCUT2D eigenvalue weighted by molar-refractivity contribution is 0.294. The van der Waals surface area contributed by atoms with Crippen LogP contribution in [0.5, 0.6) is 0 Å². The molecule has 0 amide bonds. The zero-order chi connectivity index (χ0) is 18.2. The molecule has 0 bridgehead atoms. The van der Waals surface area contributed by atoms with E-state index in [2.05, 4.69) is 43.0 Å². The maximum absolute atomic E-state index is 6.00. The molecule has 2 aliphatic rings. The molecule has 0 saturated heterocycles. The predicted octanol–water partition coefficient (Wildman–Crippen LogP) is 7.78. The first-order valence-corrected chi connectivity index (χ1v) is 11.1. The minimum absolute atomic E-state index is 0.587. The lowest BCUT2D eigenvalue weighted by Crippen LogP contribution is -2.12. The largest absolute Gasteiger partial charge is 0.0951 e. The second-order valence-corrected chi connectivity index (χ2v) is 8.75. The molecule has 2 saturated carbocycles. The van der Waals surface area contributed by atoms with E-state index < -0.39 is 0 Å². The normalized spacial score (nSPS) is 29.3. The Hall–Kier alpha value is -1.19. The minimum Gasteiger partial charge on any atom is -0.0951 e. The van der Waals surface area contributed by atoms with Crippen molar-refractivity contribution in [2.45, 2.75) is 77.0 Å². The molecule has 1 heteroatoms. The van der Waals surface area contributed by atoms with E-state index in [-0.39, 0.29) is 0 Å². The van der Waals surface area contributed by atoms with Crippen LogP contribution in [0.3, 0.4) is 0 Å². The Labute approximate surface area is 165 Å². The first-order chi connectivity index (χ1) is 12.7. The van der Waals surface area contributed by atoms with E-state index >= 15 is 0 Å². The number of hydrogen-bond acceptors (Lipinski definition) is 0. The lowest BCUT2D eigenvalue weighted by Gasteiger charge is -2.26. The molecule has 2 aliphatic carbocycles. The summed E-state index contributed by atoms with van der Waals surface area (Å²) in [5, 5.41) is 0.832. The highest BCUT2D eigenvalue weighted by Gasteiger charge is 2.21. The monoisotopic (exact) mass is 368 g/mol. The van der Waals surface area contributed by atoms with E-state index in [1.165, 1.54) is 69.8 Å². The van der Waals surface area contributed by atoms with Crippen molar-refractivity contribution in [1.29, 1.82) is 0 Å². The maximum Gasteiger partial charge on any atom is 0.0406 e. The SMILES string of the molecule is CCCC1CCC(/C=C/C#CC2CCC(c3ccc(Cl)cc3)CC2)CC1. The average Bonchev–Trinajstić information content (AvgIpc) is 2.68. The summed E-state index contributed by atoms with van der Waals surface area (Å²) in [6.07, 6.45) is 17.9. The Kier molecular flexibility index (Phi) is 7.69. The van der Waals surface area contributed by atoms with Crippen molar-refractivity contribution in [3.8, 4) is 11.8 Å². The number of halogens is 1. The van der Waals surface area contributed by atoms with E-state index in [9.17, 15) is 0 Å². The van der Waals surface area contributed by atoms with Crippen LogP contribution in [-0.2, 0) is 0 Å². The topological polar surface area (TPSA) is 0 Å². The first kappa shape index (κ1) is 19.6. The maximum atomic E-state index is 6.00. The summed E-state index contributed by atoms with van der Waals surface area (Å²) in [5.74, 6) is 9.91. The van der Waals surface area contributed by atoms with Crippen LogP contribution in [0, 0.1) is 29.6 Å². The Morgan fingerprint density at radius 2 is 1.65 bits per heavy atom. The van der Waals surface area contributed by atoms with Gasteiger partial charge in [-0.3, -0.25) is 0 Å². The number of benzene rings is 1. The number of allylic oxidation sites excluding steroid dienone is 2. The molecule has 0 radical (unpaired) electrons. The molecule has 0 unspecified atom stereocenters. The third-order valence-corrected chi connectivity index (χ3v) is 6.65. The molecule has 0 N–H and O–H groups in total. The van der Waals surface area contributed by atoms with Crippen LogP contribution >= 0.6 is 11.6 Å². The molecule has 0 aromatic heterocycles. The summed E-state index contributed by atoms with van der Waals surface area (Å²) < 4.78 is 0. The molecule has 140 valence electrons. The number of rotatable bonds is 4. The summed E-state index contributed by atoms with van der Waals surface area (Å²) in [6.45, 7) is 2.31. The highest BCUT2D eigenvalue weighted by Crippen LogP contribution is 2.36. The van der Waals surface area contributed by atoms with E-state index in [4.69, 9.17) is 11.6 Å². The van der Waals surface area contributed by atoms with E-state index in [0.717, 1.165) is 16.9 Å². The summed E-state index contributed by atoms with van der Waals surface area (Å²) in [4.78, 5) is 0. The molecule has 1 aromatic rings. The van der Waals surface area contributed by atoms with Crippen LogP contribution < -0.4 is 0 Å². The standard InChI is InChI=1S/C25H33Cl/c1-2-5-20-8-10-21(11-9-20)6-3-4-7-22-12-14-23(15-13-22)24-16-18-25(26)19-17-24/h3,6,16-23H,2,5,8-15H2,1H3/b6-3+. The molecular weight excluding hydrogens is 336 g/mol. The Balaban J connectivity index is 1.39. The van der Waals surface area contributed by atoms with Crippen LogP contribution in [0.4, 0.5) is 0 Å². The first-order valence-electron chi connectivity index (χ1n) is 10.7. The second-order valence-electron chi connectivity index (χ2n) is 8.32. The van der Waals surface area contributed by atoms with Crippen LogP contribution in [0.1, 0.15) is 82.6 Å². The number of hydrogen-bond donors (Lipinski definition) is 0. The Morgan fingerprint density at radius 3 is 2.31 bits per heavy atom. The van der Waals surface area contributed by atoms with Gasteiger partial charge in [0.2, 0.25) is 0 Å². The van der Waals surface area contributed by atoms with Crippen molar-refractivity contribution >= 4 is 11.6 Å². The third-order valence-electron chi connectivity index (χ3n) is 6.40. The van der Waals surface area contributed by atoms with Crippen molar-refractivity contribution in [3.05, 3.63) is 47.0 Å². The summed E-state index contributed by atoms with van der Waals surface area (Å²) >= 11 is 6.00. The smallest absolute Gasteiger partial charge is 0.0406 e. The summed E-state index contributed by atoms with van der Waals surface area (Å²) in [6, 6.07) is 8.42. The molecule has 0 atom stereocenters. The highest BCUT2D eigenvalue weighted by atomic mass is 35.5. The van der Waals surface area contributed by atoms with Gasteiger partial charge in [-0.15, -0.1) is 0 Å². The fourth-order valence-electron chi connectivity index (χ4n) is 4.73. The van der Waals surface area contributed by atoms with Crippen LogP contribution in [0.25, 0.3) is 0 Å². The van der Waals surface area contributed by atoms with E-state index in [0.29, 0.717) is 11.8 Å². The zero-order valence-electron chi connectivity index (χ0n) is 16.2. The Bertz CT molecular complexity index is 614. The van der Waals surface area contributed by atoms with Crippen LogP contribution in [0.15, 0.2) is 36.4 Å². The van der Waals surface area contributed by atoms with Gasteiger partial charge in [0, 0.05) is 10.9 Å². The molecule has 2 fully saturated rings. The van der Waals surface area contributed by atoms with E-state index in [1.54, 1.807) is 0 Å². The third kappa shape index (κ3) is 5.92. The van der Waals surface area contributed by atoms with Gasteiger partial charge in [-0.2, -0.15) is 0 Å². The fourth-order valence-corrected chi connectivity index (χ4v) is 4.86. The van der Waals surface area contributed by atoms with Gasteiger partial charge in [0.1, 0.15) is 0 Å². The highest BCUT2D eigenvalue weighted by molar-refractivity contribution is 6.30. The van der Waals surface area contributed by atoms with Crippen molar-refractivity contribution in [1.82, 2.24) is 0 Å². The molecule has 1 aromatic carbocycles. The molecule has 0 spiro atoms. The van der Waals surface area contributed by atoms with Gasteiger partial charge >= 0.3 is 0 Å².